The van der Waals surface area contributed by atoms with E-state index in [2.05, 4.69) is 5.32 Å². The fraction of sp³-hybridized carbons (Fsp3) is 0.444. The van der Waals surface area contributed by atoms with Gasteiger partial charge in [-0.3, -0.25) is 0 Å². The lowest BCUT2D eigenvalue weighted by molar-refractivity contribution is 0.0636. The number of carboxylic acid groups (broad SMARTS) is 1. The van der Waals surface area contributed by atoms with Crippen molar-refractivity contribution in [3.63, 3.8) is 0 Å². The summed E-state index contributed by atoms with van der Waals surface area (Å²) in [5.74, 6) is -0.986. The van der Waals surface area contributed by atoms with Crippen molar-refractivity contribution in [2.75, 3.05) is 11.9 Å². The molecule has 1 aliphatic rings. The standard InChI is InChI=1S/C9H11NO4/c1-9(2)4-10-5-3-13-7(8(11)12)6(5)14-9/h3,10H,4H2,1-2H3,(H,11,12). The van der Waals surface area contributed by atoms with Gasteiger partial charge in [-0.2, -0.15) is 0 Å². The maximum atomic E-state index is 10.7. The fourth-order valence-corrected chi connectivity index (χ4v) is 1.34. The summed E-state index contributed by atoms with van der Waals surface area (Å²) in [6, 6.07) is 0. The van der Waals surface area contributed by atoms with Crippen LogP contribution in [-0.2, 0) is 0 Å². The highest BCUT2D eigenvalue weighted by atomic mass is 16.5. The average Bonchev–Trinajstić information content (AvgIpc) is 2.44. The van der Waals surface area contributed by atoms with Crippen LogP contribution in [0.25, 0.3) is 0 Å². The van der Waals surface area contributed by atoms with Crippen LogP contribution in [0.2, 0.25) is 0 Å². The Labute approximate surface area is 80.7 Å². The molecule has 0 bridgehead atoms. The zero-order valence-electron chi connectivity index (χ0n) is 7.96. The van der Waals surface area contributed by atoms with Gasteiger partial charge in [-0.05, 0) is 13.8 Å². The molecule has 5 nitrogen and oxygen atoms in total. The molecule has 1 aromatic heterocycles. The molecule has 0 amide bonds. The minimum absolute atomic E-state index is 0.153. The minimum Gasteiger partial charge on any atom is -0.480 e. The first-order valence-corrected chi connectivity index (χ1v) is 4.27. The highest BCUT2D eigenvalue weighted by molar-refractivity contribution is 5.90. The molecule has 0 unspecified atom stereocenters. The summed E-state index contributed by atoms with van der Waals surface area (Å²) in [5.41, 5.74) is 0.183. The van der Waals surface area contributed by atoms with E-state index in [9.17, 15) is 4.79 Å². The van der Waals surface area contributed by atoms with Crippen molar-refractivity contribution in [1.82, 2.24) is 0 Å². The molecule has 14 heavy (non-hydrogen) atoms. The lowest BCUT2D eigenvalue weighted by Gasteiger charge is -2.31. The van der Waals surface area contributed by atoms with Crippen molar-refractivity contribution in [3.8, 4) is 5.75 Å². The van der Waals surface area contributed by atoms with Crippen molar-refractivity contribution >= 4 is 11.7 Å². The molecule has 0 spiro atoms. The van der Waals surface area contributed by atoms with Crippen LogP contribution in [0.4, 0.5) is 5.69 Å². The largest absolute Gasteiger partial charge is 0.480 e. The summed E-state index contributed by atoms with van der Waals surface area (Å²) in [6.07, 6.45) is 1.36. The Morgan fingerprint density at radius 3 is 3.00 bits per heavy atom. The summed E-state index contributed by atoms with van der Waals surface area (Å²) in [7, 11) is 0. The van der Waals surface area contributed by atoms with Crippen molar-refractivity contribution in [1.29, 1.82) is 0 Å². The van der Waals surface area contributed by atoms with E-state index in [-0.39, 0.29) is 11.5 Å². The van der Waals surface area contributed by atoms with Gasteiger partial charge in [-0.15, -0.1) is 0 Å². The molecule has 1 aliphatic heterocycles. The Morgan fingerprint density at radius 1 is 1.64 bits per heavy atom. The van der Waals surface area contributed by atoms with Gasteiger partial charge in [0, 0.05) is 0 Å². The van der Waals surface area contributed by atoms with Crippen LogP contribution in [-0.4, -0.2) is 23.2 Å². The van der Waals surface area contributed by atoms with Gasteiger partial charge >= 0.3 is 5.97 Å². The Kier molecular flexibility index (Phi) is 1.70. The van der Waals surface area contributed by atoms with Crippen molar-refractivity contribution < 1.29 is 19.1 Å². The maximum Gasteiger partial charge on any atom is 0.375 e. The number of rotatable bonds is 1. The number of nitrogens with one attached hydrogen (secondary N) is 1. The summed E-state index contributed by atoms with van der Waals surface area (Å²) in [5, 5.41) is 11.8. The van der Waals surface area contributed by atoms with Crippen molar-refractivity contribution in [2.45, 2.75) is 19.4 Å². The molecule has 76 valence electrons. The van der Waals surface area contributed by atoms with Crippen LogP contribution >= 0.6 is 0 Å². The third kappa shape index (κ3) is 1.30. The molecule has 5 heteroatoms. The molecule has 0 saturated heterocycles. The Hall–Kier alpha value is -1.65. The van der Waals surface area contributed by atoms with E-state index in [0.29, 0.717) is 12.2 Å². The molecule has 0 radical (unpaired) electrons. The summed E-state index contributed by atoms with van der Waals surface area (Å²) < 4.78 is 10.4. The van der Waals surface area contributed by atoms with Gasteiger partial charge in [0.05, 0.1) is 6.54 Å². The fourth-order valence-electron chi connectivity index (χ4n) is 1.34. The van der Waals surface area contributed by atoms with Crippen molar-refractivity contribution in [3.05, 3.63) is 12.0 Å². The van der Waals surface area contributed by atoms with E-state index in [4.69, 9.17) is 14.3 Å². The number of carbonyl (C=O) groups is 1. The lowest BCUT2D eigenvalue weighted by Crippen LogP contribution is -2.40. The third-order valence-corrected chi connectivity index (χ3v) is 2.02. The first kappa shape index (κ1) is 8.93. The number of hydrogen-bond acceptors (Lipinski definition) is 4. The third-order valence-electron chi connectivity index (χ3n) is 2.02. The first-order chi connectivity index (χ1) is 6.49. The van der Waals surface area contributed by atoms with E-state index in [1.54, 1.807) is 0 Å². The van der Waals surface area contributed by atoms with Crippen LogP contribution in [0.5, 0.6) is 5.75 Å². The highest BCUT2D eigenvalue weighted by Gasteiger charge is 2.32. The smallest absolute Gasteiger partial charge is 0.375 e. The second-order valence-corrected chi connectivity index (χ2v) is 3.83. The Morgan fingerprint density at radius 2 is 2.36 bits per heavy atom. The van der Waals surface area contributed by atoms with Gasteiger partial charge in [0.25, 0.3) is 5.76 Å². The number of furan rings is 1. The van der Waals surface area contributed by atoms with Gasteiger partial charge in [-0.25, -0.2) is 4.79 Å². The molecule has 2 heterocycles. The SMILES string of the molecule is CC1(C)CNc2coc(C(=O)O)c2O1. The lowest BCUT2D eigenvalue weighted by atomic mass is 10.1. The van der Waals surface area contributed by atoms with Gasteiger partial charge in [0.15, 0.2) is 5.75 Å². The molecule has 2 N–H and O–H groups in total. The van der Waals surface area contributed by atoms with Crippen LogP contribution < -0.4 is 10.1 Å². The maximum absolute atomic E-state index is 10.7. The van der Waals surface area contributed by atoms with Crippen molar-refractivity contribution in [2.24, 2.45) is 0 Å². The van der Waals surface area contributed by atoms with Crippen LogP contribution in [0.3, 0.4) is 0 Å². The van der Waals surface area contributed by atoms with Crippen LogP contribution in [0.1, 0.15) is 24.4 Å². The highest BCUT2D eigenvalue weighted by Crippen LogP contribution is 2.37. The molecule has 1 aromatic rings. The molecule has 2 rings (SSSR count). The number of fused-ring (bicyclic) bond motifs is 1. The minimum atomic E-state index is -1.12. The predicted molar refractivity (Wildman–Crippen MR) is 48.9 cm³/mol. The van der Waals surface area contributed by atoms with E-state index in [0.717, 1.165) is 0 Å². The Balaban J connectivity index is 2.42. The zero-order valence-corrected chi connectivity index (χ0v) is 7.96. The molecular weight excluding hydrogens is 186 g/mol. The molecule has 0 aromatic carbocycles. The predicted octanol–water partition coefficient (Wildman–Crippen LogP) is 1.56. The molecule has 0 saturated carbocycles. The number of ether oxygens (including phenoxy) is 1. The quantitative estimate of drug-likeness (QED) is 0.714. The normalized spacial score (nSPS) is 17.9. The Bertz CT molecular complexity index is 380. The number of hydrogen-bond donors (Lipinski definition) is 2. The zero-order chi connectivity index (χ0) is 10.3. The van der Waals surface area contributed by atoms with E-state index < -0.39 is 11.6 Å². The van der Waals surface area contributed by atoms with Gasteiger partial charge in [0.1, 0.15) is 17.6 Å². The van der Waals surface area contributed by atoms with Gasteiger partial charge < -0.3 is 19.6 Å². The first-order valence-electron chi connectivity index (χ1n) is 4.27. The second kappa shape index (κ2) is 2.67. The topological polar surface area (TPSA) is 71.7 Å². The molecular formula is C9H11NO4. The molecule has 0 atom stereocenters. The summed E-state index contributed by atoms with van der Waals surface area (Å²) in [4.78, 5) is 10.7. The monoisotopic (exact) mass is 197 g/mol. The van der Waals surface area contributed by atoms with E-state index >= 15 is 0 Å². The second-order valence-electron chi connectivity index (χ2n) is 3.83. The number of aromatic carboxylic acids is 1. The van der Waals surface area contributed by atoms with Gasteiger partial charge in [0.2, 0.25) is 0 Å². The number of carboxylic acids is 1. The van der Waals surface area contributed by atoms with E-state index in [1.807, 2.05) is 13.8 Å². The molecule has 0 aliphatic carbocycles. The molecule has 0 fully saturated rings. The number of anilines is 1. The summed E-state index contributed by atoms with van der Waals surface area (Å²) >= 11 is 0. The van der Waals surface area contributed by atoms with Crippen LogP contribution in [0.15, 0.2) is 10.7 Å². The van der Waals surface area contributed by atoms with Crippen LogP contribution in [0, 0.1) is 0 Å². The van der Waals surface area contributed by atoms with Gasteiger partial charge in [-0.1, -0.05) is 0 Å². The average molecular weight is 197 g/mol. The summed E-state index contributed by atoms with van der Waals surface area (Å²) in [6.45, 7) is 4.38. The van der Waals surface area contributed by atoms with E-state index in [1.165, 1.54) is 6.26 Å².